The lowest BCUT2D eigenvalue weighted by atomic mass is 10.3. The molecule has 2 aromatic carbocycles. The highest BCUT2D eigenvalue weighted by molar-refractivity contribution is 7.91. The molecular weight excluding hydrogens is 254 g/mol. The first-order valence-corrected chi connectivity index (χ1v) is 6.52. The lowest BCUT2D eigenvalue weighted by Crippen LogP contribution is -2.03. The molecule has 4 N–H and O–H groups in total. The Kier molecular flexibility index (Phi) is 2.88. The van der Waals surface area contributed by atoms with E-state index in [9.17, 15) is 13.5 Å². The van der Waals surface area contributed by atoms with Crippen LogP contribution in [0.4, 0.5) is 5.69 Å². The molecule has 0 heterocycles. The van der Waals surface area contributed by atoms with Crippen molar-refractivity contribution in [3.63, 3.8) is 0 Å². The monoisotopic (exact) mass is 265 g/mol. The second-order valence-corrected chi connectivity index (χ2v) is 5.64. The zero-order valence-electron chi connectivity index (χ0n) is 9.24. The molecule has 94 valence electrons. The van der Waals surface area contributed by atoms with E-state index in [4.69, 9.17) is 10.8 Å². The summed E-state index contributed by atoms with van der Waals surface area (Å²) in [5, 5.41) is 18.7. The van der Waals surface area contributed by atoms with Crippen LogP contribution in [0.3, 0.4) is 0 Å². The van der Waals surface area contributed by atoms with Gasteiger partial charge in [0.15, 0.2) is 0 Å². The van der Waals surface area contributed by atoms with Gasteiger partial charge in [-0.2, -0.15) is 0 Å². The molecule has 0 bridgehead atoms. The molecule has 0 saturated carbocycles. The third-order valence-corrected chi connectivity index (χ3v) is 4.22. The van der Waals surface area contributed by atoms with Crippen LogP contribution in [0.2, 0.25) is 0 Å². The van der Waals surface area contributed by atoms with Gasteiger partial charge in [-0.1, -0.05) is 0 Å². The van der Waals surface area contributed by atoms with Gasteiger partial charge in [-0.15, -0.1) is 0 Å². The highest BCUT2D eigenvalue weighted by Crippen LogP contribution is 2.30. The van der Waals surface area contributed by atoms with Crippen LogP contribution in [0, 0.1) is 0 Å². The van der Waals surface area contributed by atoms with Gasteiger partial charge in [0.25, 0.3) is 0 Å². The molecule has 0 aliphatic rings. The lowest BCUT2D eigenvalue weighted by molar-refractivity contribution is 0.459. The van der Waals surface area contributed by atoms with Crippen LogP contribution >= 0.6 is 0 Å². The first-order chi connectivity index (χ1) is 8.41. The Bertz CT molecular complexity index is 678. The van der Waals surface area contributed by atoms with Crippen molar-refractivity contribution in [2.75, 3.05) is 5.73 Å². The fourth-order valence-electron chi connectivity index (χ4n) is 1.50. The van der Waals surface area contributed by atoms with Gasteiger partial charge in [0, 0.05) is 5.69 Å². The van der Waals surface area contributed by atoms with E-state index in [0.29, 0.717) is 0 Å². The van der Waals surface area contributed by atoms with E-state index in [0.717, 1.165) is 0 Å². The molecule has 0 unspecified atom stereocenters. The van der Waals surface area contributed by atoms with E-state index >= 15 is 0 Å². The molecule has 0 saturated heterocycles. The average molecular weight is 265 g/mol. The van der Waals surface area contributed by atoms with E-state index in [-0.39, 0.29) is 27.0 Å². The largest absolute Gasteiger partial charge is 0.508 e. The predicted octanol–water partition coefficient (Wildman–Crippen LogP) is 1.51. The number of nitrogen functional groups attached to an aromatic ring is 1. The molecule has 0 aromatic heterocycles. The summed E-state index contributed by atoms with van der Waals surface area (Å²) in [4.78, 5) is -0.283. The third kappa shape index (κ3) is 2.10. The number of benzene rings is 2. The Morgan fingerprint density at radius 1 is 0.944 bits per heavy atom. The maximum atomic E-state index is 12.2. The van der Waals surface area contributed by atoms with Crippen LogP contribution in [-0.2, 0) is 9.84 Å². The third-order valence-electron chi connectivity index (χ3n) is 2.42. The highest BCUT2D eigenvalue weighted by atomic mass is 32.2. The van der Waals surface area contributed by atoms with Crippen LogP contribution in [0.15, 0.2) is 52.3 Å². The summed E-state index contributed by atoms with van der Waals surface area (Å²) in [6.07, 6.45) is 0. The molecule has 0 spiro atoms. The van der Waals surface area contributed by atoms with Crippen molar-refractivity contribution in [1.29, 1.82) is 0 Å². The van der Waals surface area contributed by atoms with E-state index in [1.165, 1.54) is 42.5 Å². The zero-order chi connectivity index (χ0) is 13.3. The number of sulfone groups is 1. The van der Waals surface area contributed by atoms with Crippen molar-refractivity contribution in [3.8, 4) is 11.5 Å². The molecule has 6 heteroatoms. The topological polar surface area (TPSA) is 101 Å². The van der Waals surface area contributed by atoms with Crippen molar-refractivity contribution < 1.29 is 18.6 Å². The van der Waals surface area contributed by atoms with Gasteiger partial charge in [-0.3, -0.25) is 0 Å². The minimum absolute atomic E-state index is 0.0267. The summed E-state index contributed by atoms with van der Waals surface area (Å²) >= 11 is 0. The molecule has 2 aromatic rings. The molecule has 0 radical (unpaired) electrons. The van der Waals surface area contributed by atoms with Crippen LogP contribution < -0.4 is 5.73 Å². The molecule has 0 atom stereocenters. The number of nitrogens with two attached hydrogens (primary N) is 1. The van der Waals surface area contributed by atoms with E-state index < -0.39 is 9.84 Å². The van der Waals surface area contributed by atoms with Gasteiger partial charge in [0.1, 0.15) is 16.4 Å². The second-order valence-electron chi connectivity index (χ2n) is 3.72. The van der Waals surface area contributed by atoms with Crippen molar-refractivity contribution >= 4 is 15.5 Å². The molecule has 5 nitrogen and oxygen atoms in total. The Hall–Kier alpha value is -2.21. The van der Waals surface area contributed by atoms with Crippen LogP contribution in [0.1, 0.15) is 0 Å². The predicted molar refractivity (Wildman–Crippen MR) is 66.1 cm³/mol. The first kappa shape index (κ1) is 12.3. The lowest BCUT2D eigenvalue weighted by Gasteiger charge is -2.07. The summed E-state index contributed by atoms with van der Waals surface area (Å²) < 4.78 is 24.4. The number of hydrogen-bond acceptors (Lipinski definition) is 5. The van der Waals surface area contributed by atoms with Gasteiger partial charge in [0.2, 0.25) is 9.84 Å². The van der Waals surface area contributed by atoms with E-state index in [1.807, 2.05) is 0 Å². The molecular formula is C12H11NO4S. The quantitative estimate of drug-likeness (QED) is 0.564. The molecule has 0 amide bonds. The van der Waals surface area contributed by atoms with Gasteiger partial charge in [-0.05, 0) is 42.5 Å². The molecule has 18 heavy (non-hydrogen) atoms. The minimum Gasteiger partial charge on any atom is -0.508 e. The molecule has 2 rings (SSSR count). The maximum Gasteiger partial charge on any atom is 0.210 e. The number of phenols is 2. The normalized spacial score (nSPS) is 11.3. The molecule has 0 aliphatic heterocycles. The van der Waals surface area contributed by atoms with Crippen LogP contribution in [0.25, 0.3) is 0 Å². The fourth-order valence-corrected chi connectivity index (χ4v) is 2.88. The van der Waals surface area contributed by atoms with Gasteiger partial charge in [-0.25, -0.2) is 8.42 Å². The maximum absolute atomic E-state index is 12.2. The zero-order valence-corrected chi connectivity index (χ0v) is 10.1. The molecule has 0 fully saturated rings. The van der Waals surface area contributed by atoms with Gasteiger partial charge in [0.05, 0.1) is 4.90 Å². The Balaban J connectivity index is 2.61. The van der Waals surface area contributed by atoms with Crippen LogP contribution in [-0.4, -0.2) is 18.6 Å². The van der Waals surface area contributed by atoms with Crippen molar-refractivity contribution in [2.45, 2.75) is 9.79 Å². The standard InChI is InChI=1S/C12H11NO4S/c13-8-1-6-11(15)12(7-8)18(16,17)10-4-2-9(14)3-5-10/h1-7,14-15H,13H2. The van der Waals surface area contributed by atoms with Gasteiger partial charge < -0.3 is 15.9 Å². The number of aromatic hydroxyl groups is 2. The smallest absolute Gasteiger partial charge is 0.210 e. The number of phenolic OH excluding ortho intramolecular Hbond substituents is 2. The Morgan fingerprint density at radius 2 is 1.56 bits per heavy atom. The van der Waals surface area contributed by atoms with E-state index in [2.05, 4.69) is 0 Å². The Morgan fingerprint density at radius 3 is 2.17 bits per heavy atom. The first-order valence-electron chi connectivity index (χ1n) is 5.04. The summed E-state index contributed by atoms with van der Waals surface area (Å²) in [5.74, 6) is -0.400. The van der Waals surface area contributed by atoms with Crippen LogP contribution in [0.5, 0.6) is 11.5 Å². The summed E-state index contributed by atoms with van der Waals surface area (Å²) in [6.45, 7) is 0. The highest BCUT2D eigenvalue weighted by Gasteiger charge is 2.21. The number of anilines is 1. The second kappa shape index (κ2) is 4.23. The SMILES string of the molecule is Nc1ccc(O)c(S(=O)(=O)c2ccc(O)cc2)c1. The average Bonchev–Trinajstić information content (AvgIpc) is 2.32. The van der Waals surface area contributed by atoms with E-state index in [1.54, 1.807) is 0 Å². The minimum atomic E-state index is -3.85. The number of hydrogen-bond donors (Lipinski definition) is 3. The van der Waals surface area contributed by atoms with Crippen molar-refractivity contribution in [1.82, 2.24) is 0 Å². The van der Waals surface area contributed by atoms with Gasteiger partial charge >= 0.3 is 0 Å². The summed E-state index contributed by atoms with van der Waals surface area (Å²) in [5.41, 5.74) is 5.75. The fraction of sp³-hybridized carbons (Fsp3) is 0. The Labute approximate surface area is 104 Å². The number of rotatable bonds is 2. The van der Waals surface area contributed by atoms with Crippen molar-refractivity contribution in [2.24, 2.45) is 0 Å². The summed E-state index contributed by atoms with van der Waals surface area (Å²) in [7, 11) is -3.85. The van der Waals surface area contributed by atoms with Crippen molar-refractivity contribution in [3.05, 3.63) is 42.5 Å². The summed E-state index contributed by atoms with van der Waals surface area (Å²) in [6, 6.07) is 8.86. The molecule has 0 aliphatic carbocycles.